The van der Waals surface area contributed by atoms with Crippen LogP contribution in [-0.4, -0.2) is 46.4 Å². The van der Waals surface area contributed by atoms with E-state index in [0.717, 1.165) is 25.2 Å². The van der Waals surface area contributed by atoms with E-state index < -0.39 is 0 Å². The van der Waals surface area contributed by atoms with E-state index in [4.69, 9.17) is 0 Å². The van der Waals surface area contributed by atoms with Crippen LogP contribution < -0.4 is 5.32 Å². The molecule has 1 saturated heterocycles. The van der Waals surface area contributed by atoms with E-state index in [-0.39, 0.29) is 5.91 Å². The number of piperidine rings is 1. The van der Waals surface area contributed by atoms with Gasteiger partial charge < -0.3 is 10.2 Å². The molecule has 0 atom stereocenters. The maximum Gasteiger partial charge on any atom is 0.220 e. The summed E-state index contributed by atoms with van der Waals surface area (Å²) in [4.78, 5) is 14.0. The second-order valence-electron chi connectivity index (χ2n) is 5.02. The molecule has 2 N–H and O–H groups in total. The van der Waals surface area contributed by atoms with Gasteiger partial charge in [-0.2, -0.15) is 15.4 Å². The normalized spacial score (nSPS) is 17.8. The number of hydrogen-bond donors (Lipinski definition) is 2. The molecule has 6 nitrogen and oxygen atoms in total. The zero-order valence-corrected chi connectivity index (χ0v) is 10.9. The highest BCUT2D eigenvalue weighted by Crippen LogP contribution is 2.20. The Kier molecular flexibility index (Phi) is 4.69. The van der Waals surface area contributed by atoms with Gasteiger partial charge in [0.1, 0.15) is 5.69 Å². The van der Waals surface area contributed by atoms with Crippen LogP contribution in [0.15, 0.2) is 6.20 Å². The Bertz CT molecular complexity index is 357. The molecule has 1 aliphatic rings. The molecule has 0 bridgehead atoms. The number of hydrogen-bond acceptors (Lipinski definition) is 4. The predicted molar refractivity (Wildman–Crippen MR) is 67.7 cm³/mol. The molecule has 2 heterocycles. The Balaban J connectivity index is 1.60. The molecular weight excluding hydrogens is 230 g/mol. The van der Waals surface area contributed by atoms with E-state index in [2.05, 4.69) is 32.7 Å². The second-order valence-corrected chi connectivity index (χ2v) is 5.02. The molecule has 0 aromatic carbocycles. The SMILES string of the molecule is CN1CCC(CCC(=O)NCc2cn[nH]n2)CC1. The quantitative estimate of drug-likeness (QED) is 0.801. The number of carbonyl (C=O) groups excluding carboxylic acids is 1. The third-order valence-corrected chi connectivity index (χ3v) is 3.55. The summed E-state index contributed by atoms with van der Waals surface area (Å²) < 4.78 is 0. The first kappa shape index (κ1) is 13.0. The fraction of sp³-hybridized carbons (Fsp3) is 0.750. The zero-order chi connectivity index (χ0) is 12.8. The van der Waals surface area contributed by atoms with Crippen molar-refractivity contribution in [1.82, 2.24) is 25.6 Å². The third-order valence-electron chi connectivity index (χ3n) is 3.55. The lowest BCUT2D eigenvalue weighted by atomic mass is 9.92. The first-order valence-electron chi connectivity index (χ1n) is 6.54. The fourth-order valence-electron chi connectivity index (χ4n) is 2.27. The highest BCUT2D eigenvalue weighted by molar-refractivity contribution is 5.75. The summed E-state index contributed by atoms with van der Waals surface area (Å²) >= 11 is 0. The van der Waals surface area contributed by atoms with Crippen molar-refractivity contribution in [2.24, 2.45) is 5.92 Å². The molecule has 100 valence electrons. The first-order valence-corrected chi connectivity index (χ1v) is 6.54. The van der Waals surface area contributed by atoms with Gasteiger partial charge in [-0.25, -0.2) is 0 Å². The van der Waals surface area contributed by atoms with Crippen molar-refractivity contribution in [3.8, 4) is 0 Å². The fourth-order valence-corrected chi connectivity index (χ4v) is 2.27. The summed E-state index contributed by atoms with van der Waals surface area (Å²) in [6.07, 6.45) is 5.67. The standard InChI is InChI=1S/C12H21N5O/c1-17-6-4-10(5-7-17)2-3-12(18)13-8-11-9-14-16-15-11/h9-10H,2-8H2,1H3,(H,13,18)(H,14,15,16). The number of aromatic nitrogens is 3. The van der Waals surface area contributed by atoms with Gasteiger partial charge in [-0.15, -0.1) is 0 Å². The van der Waals surface area contributed by atoms with Crippen LogP contribution in [0.2, 0.25) is 0 Å². The molecular formula is C12H21N5O. The Morgan fingerprint density at radius 2 is 2.33 bits per heavy atom. The predicted octanol–water partition coefficient (Wildman–Crippen LogP) is 0.543. The number of nitrogens with one attached hydrogen (secondary N) is 2. The molecule has 0 spiro atoms. The minimum Gasteiger partial charge on any atom is -0.350 e. The average molecular weight is 251 g/mol. The van der Waals surface area contributed by atoms with Gasteiger partial charge in [0.05, 0.1) is 12.7 Å². The van der Waals surface area contributed by atoms with Crippen LogP contribution in [0.3, 0.4) is 0 Å². The molecule has 1 fully saturated rings. The van der Waals surface area contributed by atoms with Gasteiger partial charge in [0, 0.05) is 6.42 Å². The number of rotatable bonds is 5. The van der Waals surface area contributed by atoms with Gasteiger partial charge in [0.25, 0.3) is 0 Å². The van der Waals surface area contributed by atoms with Crippen molar-refractivity contribution >= 4 is 5.91 Å². The highest BCUT2D eigenvalue weighted by Gasteiger charge is 2.17. The maximum atomic E-state index is 11.7. The van der Waals surface area contributed by atoms with Crippen LogP contribution in [0.1, 0.15) is 31.4 Å². The van der Waals surface area contributed by atoms with Crippen molar-refractivity contribution in [3.63, 3.8) is 0 Å². The molecule has 0 saturated carbocycles. The second kappa shape index (κ2) is 6.49. The zero-order valence-electron chi connectivity index (χ0n) is 10.9. The lowest BCUT2D eigenvalue weighted by Gasteiger charge is -2.28. The Labute approximate surface area is 107 Å². The van der Waals surface area contributed by atoms with Crippen LogP contribution in [0, 0.1) is 5.92 Å². The van der Waals surface area contributed by atoms with Crippen molar-refractivity contribution in [2.75, 3.05) is 20.1 Å². The van der Waals surface area contributed by atoms with Crippen LogP contribution >= 0.6 is 0 Å². The minimum atomic E-state index is 0.108. The van der Waals surface area contributed by atoms with Gasteiger partial charge in [0.15, 0.2) is 0 Å². The van der Waals surface area contributed by atoms with Crippen molar-refractivity contribution in [2.45, 2.75) is 32.2 Å². The van der Waals surface area contributed by atoms with Gasteiger partial charge in [0.2, 0.25) is 5.91 Å². The molecule has 1 aliphatic heterocycles. The van der Waals surface area contributed by atoms with Crippen LogP contribution in [0.25, 0.3) is 0 Å². The molecule has 2 rings (SSSR count). The first-order chi connectivity index (χ1) is 8.74. The molecule has 1 amide bonds. The van der Waals surface area contributed by atoms with E-state index in [0.29, 0.717) is 18.9 Å². The summed E-state index contributed by atoms with van der Waals surface area (Å²) in [6.45, 7) is 2.78. The summed E-state index contributed by atoms with van der Waals surface area (Å²) in [5, 5.41) is 13.0. The molecule has 6 heteroatoms. The average Bonchev–Trinajstić information content (AvgIpc) is 2.89. The van der Waals surface area contributed by atoms with Gasteiger partial charge in [-0.05, 0) is 45.3 Å². The number of nitrogens with zero attached hydrogens (tertiary/aromatic N) is 3. The molecule has 0 radical (unpaired) electrons. The van der Waals surface area contributed by atoms with E-state index in [1.807, 2.05) is 0 Å². The molecule has 1 aromatic rings. The maximum absolute atomic E-state index is 11.7. The van der Waals surface area contributed by atoms with Crippen molar-refractivity contribution in [1.29, 1.82) is 0 Å². The number of aromatic amines is 1. The lowest BCUT2D eigenvalue weighted by Crippen LogP contribution is -2.31. The molecule has 0 aliphatic carbocycles. The van der Waals surface area contributed by atoms with E-state index in [9.17, 15) is 4.79 Å². The highest BCUT2D eigenvalue weighted by atomic mass is 16.1. The Morgan fingerprint density at radius 3 is 3.00 bits per heavy atom. The smallest absolute Gasteiger partial charge is 0.220 e. The van der Waals surface area contributed by atoms with Gasteiger partial charge >= 0.3 is 0 Å². The van der Waals surface area contributed by atoms with Crippen LogP contribution in [-0.2, 0) is 11.3 Å². The summed E-state index contributed by atoms with van der Waals surface area (Å²) in [6, 6.07) is 0. The summed E-state index contributed by atoms with van der Waals surface area (Å²) in [7, 11) is 2.15. The molecule has 18 heavy (non-hydrogen) atoms. The topological polar surface area (TPSA) is 73.9 Å². The monoisotopic (exact) mass is 251 g/mol. The number of likely N-dealkylation sites (tertiary alicyclic amines) is 1. The minimum absolute atomic E-state index is 0.108. The number of H-pyrrole nitrogens is 1. The molecule has 1 aromatic heterocycles. The van der Waals surface area contributed by atoms with Gasteiger partial charge in [-0.1, -0.05) is 0 Å². The van der Waals surface area contributed by atoms with E-state index in [1.54, 1.807) is 6.20 Å². The van der Waals surface area contributed by atoms with E-state index >= 15 is 0 Å². The van der Waals surface area contributed by atoms with Gasteiger partial charge in [-0.3, -0.25) is 4.79 Å². The summed E-state index contributed by atoms with van der Waals surface area (Å²) in [5.74, 6) is 0.816. The van der Waals surface area contributed by atoms with Crippen molar-refractivity contribution < 1.29 is 4.79 Å². The summed E-state index contributed by atoms with van der Waals surface area (Å²) in [5.41, 5.74) is 0.766. The largest absolute Gasteiger partial charge is 0.350 e. The number of amides is 1. The van der Waals surface area contributed by atoms with Crippen LogP contribution in [0.5, 0.6) is 0 Å². The van der Waals surface area contributed by atoms with E-state index in [1.165, 1.54) is 12.8 Å². The lowest BCUT2D eigenvalue weighted by molar-refractivity contribution is -0.121. The Morgan fingerprint density at radius 1 is 1.56 bits per heavy atom. The van der Waals surface area contributed by atoms with Crippen molar-refractivity contribution in [3.05, 3.63) is 11.9 Å². The number of carbonyl (C=O) groups is 1. The molecule has 0 unspecified atom stereocenters. The van der Waals surface area contributed by atoms with Crippen LogP contribution in [0.4, 0.5) is 0 Å². The Hall–Kier alpha value is -1.43. The third kappa shape index (κ3) is 4.10.